The normalized spacial score (nSPS) is 13.9. The van der Waals surface area contributed by atoms with Crippen LogP contribution in [0.15, 0.2) is 54.7 Å². The van der Waals surface area contributed by atoms with E-state index >= 15 is 0 Å². The zero-order valence-corrected chi connectivity index (χ0v) is 14.4. The molecule has 1 aromatic heterocycles. The lowest BCUT2D eigenvalue weighted by atomic mass is 9.99. The molecule has 4 heteroatoms. The second-order valence-corrected chi connectivity index (χ2v) is 6.49. The van der Waals surface area contributed by atoms with Gasteiger partial charge in [-0.2, -0.15) is 0 Å². The molecule has 4 rings (SSSR count). The Morgan fingerprint density at radius 3 is 2.76 bits per heavy atom. The highest BCUT2D eigenvalue weighted by Gasteiger charge is 2.23. The molecule has 1 aliphatic heterocycles. The van der Waals surface area contributed by atoms with Crippen molar-refractivity contribution in [2.24, 2.45) is 0 Å². The first-order chi connectivity index (χ1) is 12.3. The molecular weight excluding hydrogens is 312 g/mol. The third kappa shape index (κ3) is 2.94. The molecule has 0 spiro atoms. The highest BCUT2D eigenvalue weighted by molar-refractivity contribution is 6.06. The van der Waals surface area contributed by atoms with Crippen molar-refractivity contribution in [2.75, 3.05) is 20.3 Å². The van der Waals surface area contributed by atoms with Crippen molar-refractivity contribution in [3.63, 3.8) is 0 Å². The molecule has 2 heterocycles. The molecule has 0 fully saturated rings. The molecule has 0 unspecified atom stereocenters. The van der Waals surface area contributed by atoms with Crippen LogP contribution in [0.25, 0.3) is 10.9 Å². The molecule has 1 aliphatic rings. The summed E-state index contributed by atoms with van der Waals surface area (Å²) >= 11 is 0. The molecule has 128 valence electrons. The fourth-order valence-electron chi connectivity index (χ4n) is 3.63. The highest BCUT2D eigenvalue weighted by atomic mass is 16.5. The molecule has 1 amide bonds. The van der Waals surface area contributed by atoms with Crippen molar-refractivity contribution in [2.45, 2.75) is 19.5 Å². The van der Waals surface area contributed by atoms with Crippen molar-refractivity contribution in [1.82, 2.24) is 9.47 Å². The van der Waals surface area contributed by atoms with Crippen LogP contribution in [0.3, 0.4) is 0 Å². The molecule has 0 N–H and O–H groups in total. The molecule has 25 heavy (non-hydrogen) atoms. The van der Waals surface area contributed by atoms with Crippen LogP contribution in [0.5, 0.6) is 0 Å². The first-order valence-electron chi connectivity index (χ1n) is 8.71. The summed E-state index contributed by atoms with van der Waals surface area (Å²) < 4.78 is 7.31. The maximum atomic E-state index is 13.1. The van der Waals surface area contributed by atoms with Crippen molar-refractivity contribution < 1.29 is 9.53 Å². The van der Waals surface area contributed by atoms with Crippen LogP contribution < -0.4 is 0 Å². The van der Waals surface area contributed by atoms with Gasteiger partial charge in [-0.1, -0.05) is 30.3 Å². The molecule has 0 saturated carbocycles. The maximum absolute atomic E-state index is 13.1. The van der Waals surface area contributed by atoms with E-state index in [0.717, 1.165) is 36.0 Å². The van der Waals surface area contributed by atoms with Gasteiger partial charge < -0.3 is 14.2 Å². The molecule has 4 nitrogen and oxygen atoms in total. The molecule has 0 bridgehead atoms. The van der Waals surface area contributed by atoms with Gasteiger partial charge in [0, 0.05) is 49.4 Å². The maximum Gasteiger partial charge on any atom is 0.254 e. The van der Waals surface area contributed by atoms with E-state index in [4.69, 9.17) is 4.74 Å². The average Bonchev–Trinajstić information content (AvgIpc) is 3.08. The van der Waals surface area contributed by atoms with Gasteiger partial charge in [0.2, 0.25) is 0 Å². The number of methoxy groups -OCH3 is 1. The Bertz CT molecular complexity index is 913. The molecular formula is C21H22N2O2. The lowest BCUT2D eigenvalue weighted by Gasteiger charge is -2.29. The number of fused-ring (bicyclic) bond motifs is 2. The Kier molecular flexibility index (Phi) is 4.28. The molecule has 0 radical (unpaired) electrons. The van der Waals surface area contributed by atoms with Gasteiger partial charge in [0.05, 0.1) is 6.61 Å². The molecule has 0 saturated heterocycles. The largest absolute Gasteiger partial charge is 0.383 e. The monoisotopic (exact) mass is 334 g/mol. The fourth-order valence-corrected chi connectivity index (χ4v) is 3.63. The van der Waals surface area contributed by atoms with Gasteiger partial charge in [0.1, 0.15) is 0 Å². The third-order valence-corrected chi connectivity index (χ3v) is 5.00. The Balaban J connectivity index is 1.64. The van der Waals surface area contributed by atoms with E-state index in [1.54, 1.807) is 7.11 Å². The summed E-state index contributed by atoms with van der Waals surface area (Å²) in [6, 6.07) is 16.4. The number of aromatic nitrogens is 1. The third-order valence-electron chi connectivity index (χ3n) is 5.00. The summed E-state index contributed by atoms with van der Waals surface area (Å²) in [4.78, 5) is 15.1. The first-order valence-corrected chi connectivity index (χ1v) is 8.71. The van der Waals surface area contributed by atoms with Crippen LogP contribution in [-0.2, 0) is 24.2 Å². The van der Waals surface area contributed by atoms with Gasteiger partial charge in [0.25, 0.3) is 5.91 Å². The fraction of sp³-hybridized carbons (Fsp3) is 0.286. The van der Waals surface area contributed by atoms with Crippen LogP contribution in [0.4, 0.5) is 0 Å². The number of carbonyl (C=O) groups is 1. The second-order valence-electron chi connectivity index (χ2n) is 6.49. The quantitative estimate of drug-likeness (QED) is 0.732. The lowest BCUT2D eigenvalue weighted by Crippen LogP contribution is -2.36. The second kappa shape index (κ2) is 6.73. The SMILES string of the molecule is COCCn1ccc2c(C(=O)N3CCc4ccccc4C3)cccc21. The van der Waals surface area contributed by atoms with Crippen molar-refractivity contribution >= 4 is 16.8 Å². The average molecular weight is 334 g/mol. The Labute approximate surface area is 147 Å². The first kappa shape index (κ1) is 15.9. The lowest BCUT2D eigenvalue weighted by molar-refractivity contribution is 0.0736. The van der Waals surface area contributed by atoms with Crippen LogP contribution in [0.2, 0.25) is 0 Å². The van der Waals surface area contributed by atoms with Crippen molar-refractivity contribution in [3.05, 3.63) is 71.4 Å². The van der Waals surface area contributed by atoms with E-state index in [0.29, 0.717) is 13.2 Å². The van der Waals surface area contributed by atoms with Gasteiger partial charge in [0.15, 0.2) is 0 Å². The number of ether oxygens (including phenoxy) is 1. The highest BCUT2D eigenvalue weighted by Crippen LogP contribution is 2.25. The standard InChI is InChI=1S/C21H22N2O2/c1-25-14-13-22-12-10-18-19(7-4-8-20(18)22)21(24)23-11-9-16-5-2-3-6-17(16)15-23/h2-8,10,12H,9,11,13-15H2,1H3. The predicted octanol–water partition coefficient (Wildman–Crippen LogP) is 3.49. The van der Waals surface area contributed by atoms with Crippen LogP contribution in [-0.4, -0.2) is 35.6 Å². The van der Waals surface area contributed by atoms with Gasteiger partial charge in [-0.3, -0.25) is 4.79 Å². The van der Waals surface area contributed by atoms with Gasteiger partial charge in [-0.05, 0) is 35.7 Å². The van der Waals surface area contributed by atoms with Gasteiger partial charge in [-0.25, -0.2) is 0 Å². The Morgan fingerprint density at radius 1 is 1.08 bits per heavy atom. The molecule has 3 aromatic rings. The zero-order chi connectivity index (χ0) is 17.2. The Morgan fingerprint density at radius 2 is 1.92 bits per heavy atom. The number of benzene rings is 2. The van der Waals surface area contributed by atoms with Crippen LogP contribution >= 0.6 is 0 Å². The summed E-state index contributed by atoms with van der Waals surface area (Å²) in [6.07, 6.45) is 2.96. The minimum atomic E-state index is 0.115. The van der Waals surface area contributed by atoms with Crippen molar-refractivity contribution in [1.29, 1.82) is 0 Å². The summed E-state index contributed by atoms with van der Waals surface area (Å²) in [5, 5.41) is 1.02. The van der Waals surface area contributed by atoms with E-state index in [-0.39, 0.29) is 5.91 Å². The summed E-state index contributed by atoms with van der Waals surface area (Å²) in [5.74, 6) is 0.115. The minimum absolute atomic E-state index is 0.115. The number of nitrogens with zero attached hydrogens (tertiary/aromatic N) is 2. The van der Waals surface area contributed by atoms with E-state index in [1.165, 1.54) is 11.1 Å². The number of amides is 1. The molecule has 2 aromatic carbocycles. The number of hydrogen-bond donors (Lipinski definition) is 0. The summed E-state index contributed by atoms with van der Waals surface area (Å²) in [7, 11) is 1.70. The van der Waals surface area contributed by atoms with Gasteiger partial charge in [-0.15, -0.1) is 0 Å². The van der Waals surface area contributed by atoms with E-state index in [9.17, 15) is 4.79 Å². The zero-order valence-electron chi connectivity index (χ0n) is 14.4. The minimum Gasteiger partial charge on any atom is -0.383 e. The predicted molar refractivity (Wildman–Crippen MR) is 98.7 cm³/mol. The summed E-state index contributed by atoms with van der Waals surface area (Å²) in [6.45, 7) is 2.91. The van der Waals surface area contributed by atoms with E-state index < -0.39 is 0 Å². The topological polar surface area (TPSA) is 34.5 Å². The van der Waals surface area contributed by atoms with Crippen LogP contribution in [0, 0.1) is 0 Å². The number of rotatable bonds is 4. The van der Waals surface area contributed by atoms with E-state index in [2.05, 4.69) is 28.8 Å². The molecule has 0 atom stereocenters. The van der Waals surface area contributed by atoms with E-state index in [1.807, 2.05) is 35.4 Å². The number of hydrogen-bond acceptors (Lipinski definition) is 2. The van der Waals surface area contributed by atoms with Crippen LogP contribution in [0.1, 0.15) is 21.5 Å². The smallest absolute Gasteiger partial charge is 0.254 e. The molecule has 0 aliphatic carbocycles. The van der Waals surface area contributed by atoms with Gasteiger partial charge >= 0.3 is 0 Å². The van der Waals surface area contributed by atoms with Crippen molar-refractivity contribution in [3.8, 4) is 0 Å². The summed E-state index contributed by atoms with van der Waals surface area (Å²) in [5.41, 5.74) is 4.48. The number of carbonyl (C=O) groups excluding carboxylic acids is 1. The Hall–Kier alpha value is -2.59.